The van der Waals surface area contributed by atoms with Gasteiger partial charge in [-0.15, -0.1) is 0 Å². The number of nitrogens with zero attached hydrogens (tertiary/aromatic N) is 1. The van der Waals surface area contributed by atoms with Crippen LogP contribution in [0.2, 0.25) is 0 Å². The van der Waals surface area contributed by atoms with Crippen LogP contribution in [0.3, 0.4) is 0 Å². The average molecular weight is 312 g/mol. The molecule has 2 rings (SSSR count). The predicted molar refractivity (Wildman–Crippen MR) is 75.3 cm³/mol. The Morgan fingerprint density at radius 2 is 2.11 bits per heavy atom. The number of Topliss-reactive ketones (excluding diaryl/α,β-unsaturated/α-hetero) is 1. The van der Waals surface area contributed by atoms with Gasteiger partial charge >= 0.3 is 0 Å². The van der Waals surface area contributed by atoms with Crippen molar-refractivity contribution in [3.8, 4) is 5.75 Å². The van der Waals surface area contributed by atoms with E-state index in [1.807, 2.05) is 12.1 Å². The molecule has 0 saturated carbocycles. The number of ketones is 1. The predicted octanol–water partition coefficient (Wildman–Crippen LogP) is 3.13. The lowest BCUT2D eigenvalue weighted by Gasteiger charge is -2.15. The minimum atomic E-state index is 0.0688. The monoisotopic (exact) mass is 311 g/mol. The molecule has 0 bridgehead atoms. The molecule has 0 amide bonds. The number of halogens is 1. The van der Waals surface area contributed by atoms with Crippen LogP contribution in [-0.2, 0) is 0 Å². The maximum absolute atomic E-state index is 11.2. The lowest BCUT2D eigenvalue weighted by Crippen LogP contribution is -2.25. The SMILES string of the molecule is CC(=O)c1ccc(OCCN2CCCC2)c(Br)c1. The van der Waals surface area contributed by atoms with Crippen molar-refractivity contribution in [2.45, 2.75) is 19.8 Å². The quantitative estimate of drug-likeness (QED) is 0.782. The summed E-state index contributed by atoms with van der Waals surface area (Å²) in [4.78, 5) is 13.6. The second kappa shape index (κ2) is 6.34. The first kappa shape index (κ1) is 13.6. The van der Waals surface area contributed by atoms with Gasteiger partial charge in [-0.1, -0.05) is 0 Å². The van der Waals surface area contributed by atoms with Crippen LogP contribution in [0.15, 0.2) is 22.7 Å². The summed E-state index contributed by atoms with van der Waals surface area (Å²) < 4.78 is 6.58. The van der Waals surface area contributed by atoms with E-state index in [0.29, 0.717) is 12.2 Å². The van der Waals surface area contributed by atoms with Gasteiger partial charge in [0, 0.05) is 12.1 Å². The van der Waals surface area contributed by atoms with Gasteiger partial charge in [0.2, 0.25) is 0 Å². The number of hydrogen-bond acceptors (Lipinski definition) is 3. The first-order valence-corrected chi connectivity index (χ1v) is 7.12. The number of ether oxygens (including phenoxy) is 1. The van der Waals surface area contributed by atoms with Crippen LogP contribution in [0.4, 0.5) is 0 Å². The van der Waals surface area contributed by atoms with Crippen LogP contribution in [0.5, 0.6) is 5.75 Å². The van der Waals surface area contributed by atoms with Crippen molar-refractivity contribution in [2.75, 3.05) is 26.2 Å². The number of rotatable bonds is 5. The summed E-state index contributed by atoms with van der Waals surface area (Å²) in [5, 5.41) is 0. The van der Waals surface area contributed by atoms with E-state index in [-0.39, 0.29) is 5.78 Å². The van der Waals surface area contributed by atoms with E-state index in [9.17, 15) is 4.79 Å². The average Bonchev–Trinajstić information content (AvgIpc) is 2.84. The highest BCUT2D eigenvalue weighted by Crippen LogP contribution is 2.26. The molecule has 0 unspecified atom stereocenters. The molecule has 0 N–H and O–H groups in total. The Morgan fingerprint density at radius 1 is 1.39 bits per heavy atom. The molecule has 0 radical (unpaired) electrons. The van der Waals surface area contributed by atoms with E-state index in [1.54, 1.807) is 13.0 Å². The zero-order valence-corrected chi connectivity index (χ0v) is 12.2. The highest BCUT2D eigenvalue weighted by molar-refractivity contribution is 9.10. The van der Waals surface area contributed by atoms with Gasteiger partial charge < -0.3 is 4.74 Å². The fraction of sp³-hybridized carbons (Fsp3) is 0.500. The van der Waals surface area contributed by atoms with Crippen molar-refractivity contribution >= 4 is 21.7 Å². The third-order valence-corrected chi connectivity index (χ3v) is 3.82. The van der Waals surface area contributed by atoms with Crippen molar-refractivity contribution in [3.05, 3.63) is 28.2 Å². The van der Waals surface area contributed by atoms with Crippen molar-refractivity contribution in [1.82, 2.24) is 4.90 Å². The van der Waals surface area contributed by atoms with E-state index in [1.165, 1.54) is 25.9 Å². The van der Waals surface area contributed by atoms with E-state index in [2.05, 4.69) is 20.8 Å². The highest BCUT2D eigenvalue weighted by atomic mass is 79.9. The molecule has 3 nitrogen and oxygen atoms in total. The maximum Gasteiger partial charge on any atom is 0.159 e. The van der Waals surface area contributed by atoms with Gasteiger partial charge in [0.25, 0.3) is 0 Å². The third kappa shape index (κ3) is 3.56. The fourth-order valence-electron chi connectivity index (χ4n) is 2.13. The minimum Gasteiger partial charge on any atom is -0.491 e. The molecule has 1 saturated heterocycles. The molecule has 0 spiro atoms. The highest BCUT2D eigenvalue weighted by Gasteiger charge is 2.11. The zero-order chi connectivity index (χ0) is 13.0. The van der Waals surface area contributed by atoms with Gasteiger partial charge in [-0.3, -0.25) is 9.69 Å². The Balaban J connectivity index is 1.87. The largest absolute Gasteiger partial charge is 0.491 e. The van der Waals surface area contributed by atoms with E-state index in [0.717, 1.165) is 16.8 Å². The van der Waals surface area contributed by atoms with Crippen molar-refractivity contribution in [1.29, 1.82) is 0 Å². The number of hydrogen-bond donors (Lipinski definition) is 0. The topological polar surface area (TPSA) is 29.5 Å². The van der Waals surface area contributed by atoms with Crippen LogP contribution in [-0.4, -0.2) is 36.9 Å². The lowest BCUT2D eigenvalue weighted by atomic mass is 10.1. The number of carbonyl (C=O) groups excluding carboxylic acids is 1. The van der Waals surface area contributed by atoms with Gasteiger partial charge in [-0.2, -0.15) is 0 Å². The molecule has 1 aliphatic heterocycles. The summed E-state index contributed by atoms with van der Waals surface area (Å²) in [6, 6.07) is 5.47. The first-order chi connectivity index (χ1) is 8.66. The Kier molecular flexibility index (Phi) is 4.78. The zero-order valence-electron chi connectivity index (χ0n) is 10.6. The molecule has 1 fully saturated rings. The van der Waals surface area contributed by atoms with Crippen molar-refractivity contribution < 1.29 is 9.53 Å². The smallest absolute Gasteiger partial charge is 0.159 e. The lowest BCUT2D eigenvalue weighted by molar-refractivity contribution is 0.101. The Hall–Kier alpha value is -0.870. The molecule has 1 aliphatic rings. The first-order valence-electron chi connectivity index (χ1n) is 6.32. The second-order valence-corrected chi connectivity index (χ2v) is 5.45. The summed E-state index contributed by atoms with van der Waals surface area (Å²) in [5.74, 6) is 0.874. The normalized spacial score (nSPS) is 15.9. The molecule has 1 aromatic rings. The second-order valence-electron chi connectivity index (χ2n) is 4.60. The standard InChI is InChI=1S/C14H18BrNO2/c1-11(17)12-4-5-14(13(15)10-12)18-9-8-16-6-2-3-7-16/h4-5,10H,2-3,6-9H2,1H3. The van der Waals surface area contributed by atoms with Crippen LogP contribution in [0, 0.1) is 0 Å². The van der Waals surface area contributed by atoms with Crippen LogP contribution in [0.25, 0.3) is 0 Å². The van der Waals surface area contributed by atoms with E-state index >= 15 is 0 Å². The third-order valence-electron chi connectivity index (χ3n) is 3.20. The van der Waals surface area contributed by atoms with Gasteiger partial charge in [0.05, 0.1) is 4.47 Å². The van der Waals surface area contributed by atoms with E-state index in [4.69, 9.17) is 4.74 Å². The van der Waals surface area contributed by atoms with Crippen molar-refractivity contribution in [2.24, 2.45) is 0 Å². The number of carbonyl (C=O) groups is 1. The molecule has 1 heterocycles. The summed E-state index contributed by atoms with van der Waals surface area (Å²) in [6.07, 6.45) is 2.61. The van der Waals surface area contributed by atoms with Crippen molar-refractivity contribution in [3.63, 3.8) is 0 Å². The molecule has 98 valence electrons. The van der Waals surface area contributed by atoms with Gasteiger partial charge in [-0.05, 0) is 67.0 Å². The number of likely N-dealkylation sites (tertiary alicyclic amines) is 1. The summed E-state index contributed by atoms with van der Waals surface area (Å²) >= 11 is 3.44. The molecular formula is C14H18BrNO2. The molecule has 18 heavy (non-hydrogen) atoms. The summed E-state index contributed by atoms with van der Waals surface area (Å²) in [5.41, 5.74) is 0.703. The van der Waals surface area contributed by atoms with Crippen LogP contribution in [0.1, 0.15) is 30.1 Å². The summed E-state index contributed by atoms with van der Waals surface area (Å²) in [7, 11) is 0. The number of benzene rings is 1. The van der Waals surface area contributed by atoms with Gasteiger partial charge in [0.15, 0.2) is 5.78 Å². The molecule has 1 aromatic carbocycles. The Labute approximate surface area is 116 Å². The Bertz CT molecular complexity index is 428. The van der Waals surface area contributed by atoms with Crippen LogP contribution >= 0.6 is 15.9 Å². The molecule has 0 aliphatic carbocycles. The molecule has 0 aromatic heterocycles. The molecule has 4 heteroatoms. The van der Waals surface area contributed by atoms with Gasteiger partial charge in [-0.25, -0.2) is 0 Å². The molecular weight excluding hydrogens is 294 g/mol. The van der Waals surface area contributed by atoms with Crippen LogP contribution < -0.4 is 4.74 Å². The minimum absolute atomic E-state index is 0.0688. The summed E-state index contributed by atoms with van der Waals surface area (Å²) in [6.45, 7) is 5.61. The van der Waals surface area contributed by atoms with Gasteiger partial charge in [0.1, 0.15) is 12.4 Å². The Morgan fingerprint density at radius 3 is 2.72 bits per heavy atom. The maximum atomic E-state index is 11.2. The molecule has 0 atom stereocenters. The fourth-order valence-corrected chi connectivity index (χ4v) is 2.62. The van der Waals surface area contributed by atoms with E-state index < -0.39 is 0 Å².